The van der Waals surface area contributed by atoms with E-state index in [1.54, 1.807) is 6.07 Å². The Bertz CT molecular complexity index is 571. The van der Waals surface area contributed by atoms with Crippen LogP contribution in [0.3, 0.4) is 0 Å². The highest BCUT2D eigenvalue weighted by molar-refractivity contribution is 5.59. The first-order valence-corrected chi connectivity index (χ1v) is 6.82. The minimum absolute atomic E-state index is 0.225. The van der Waals surface area contributed by atoms with Crippen molar-refractivity contribution in [3.63, 3.8) is 0 Å². The molecule has 1 aromatic heterocycles. The summed E-state index contributed by atoms with van der Waals surface area (Å²) in [4.78, 5) is 0. The number of hydrogen-bond donors (Lipinski definition) is 1. The number of halogens is 1. The van der Waals surface area contributed by atoms with Crippen molar-refractivity contribution in [3.8, 4) is 11.3 Å². The summed E-state index contributed by atoms with van der Waals surface area (Å²) in [5, 5.41) is 4.58. The van der Waals surface area contributed by atoms with Crippen molar-refractivity contribution >= 4 is 0 Å². The molecule has 1 heterocycles. The van der Waals surface area contributed by atoms with Crippen LogP contribution in [0.25, 0.3) is 11.3 Å². The van der Waals surface area contributed by atoms with Crippen molar-refractivity contribution in [1.29, 1.82) is 0 Å². The van der Waals surface area contributed by atoms with Gasteiger partial charge in [0.25, 0.3) is 0 Å². The monoisotopic (exact) mass is 259 g/mol. The van der Waals surface area contributed by atoms with Gasteiger partial charge >= 0.3 is 0 Å². The number of nitrogens with zero attached hydrogens (tertiary/aromatic N) is 2. The molecular weight excluding hydrogens is 241 g/mol. The van der Waals surface area contributed by atoms with Crippen molar-refractivity contribution in [2.45, 2.75) is 38.3 Å². The lowest BCUT2D eigenvalue weighted by molar-refractivity contribution is 0.468. The fraction of sp³-hybridized carbons (Fsp3) is 0.400. The Morgan fingerprint density at radius 3 is 2.74 bits per heavy atom. The molecule has 1 aromatic carbocycles. The average Bonchev–Trinajstić information content (AvgIpc) is 3.09. The molecule has 3 nitrogen and oxygen atoms in total. The maximum Gasteiger partial charge on any atom is 0.128 e. The molecule has 4 heteroatoms. The Balaban J connectivity index is 1.87. The smallest absolute Gasteiger partial charge is 0.128 e. The predicted octanol–water partition coefficient (Wildman–Crippen LogP) is 3.26. The zero-order chi connectivity index (χ0) is 13.2. The van der Waals surface area contributed by atoms with Crippen molar-refractivity contribution in [3.05, 3.63) is 41.8 Å². The third kappa shape index (κ3) is 2.40. The first-order chi connectivity index (χ1) is 9.28. The summed E-state index contributed by atoms with van der Waals surface area (Å²) in [5.74, 6) is -0.254. The van der Waals surface area contributed by atoms with Crippen LogP contribution in [-0.2, 0) is 6.54 Å². The second-order valence-corrected chi connectivity index (χ2v) is 5.13. The minimum Gasteiger partial charge on any atom is -0.326 e. The molecule has 1 fully saturated rings. The lowest BCUT2D eigenvalue weighted by atomic mass is 10.1. The number of hydrogen-bond acceptors (Lipinski definition) is 2. The maximum atomic E-state index is 13.7. The van der Waals surface area contributed by atoms with Gasteiger partial charge in [0.15, 0.2) is 0 Å². The van der Waals surface area contributed by atoms with E-state index >= 15 is 0 Å². The molecule has 0 bridgehead atoms. The van der Waals surface area contributed by atoms with Crippen LogP contribution in [-0.4, -0.2) is 9.78 Å². The normalized spacial score (nSPS) is 16.1. The van der Waals surface area contributed by atoms with E-state index in [0.717, 1.165) is 11.3 Å². The number of aromatic nitrogens is 2. The van der Waals surface area contributed by atoms with Crippen LogP contribution in [0.15, 0.2) is 30.5 Å². The van der Waals surface area contributed by atoms with Crippen LogP contribution in [0.2, 0.25) is 0 Å². The van der Waals surface area contributed by atoms with E-state index in [2.05, 4.69) is 5.10 Å². The lowest BCUT2D eigenvalue weighted by Crippen LogP contribution is -2.05. The summed E-state index contributed by atoms with van der Waals surface area (Å²) >= 11 is 0. The van der Waals surface area contributed by atoms with Gasteiger partial charge in [-0.15, -0.1) is 0 Å². The topological polar surface area (TPSA) is 43.8 Å². The van der Waals surface area contributed by atoms with Gasteiger partial charge in [-0.25, -0.2) is 4.39 Å². The first-order valence-electron chi connectivity index (χ1n) is 6.82. The van der Waals surface area contributed by atoms with Crippen LogP contribution in [0, 0.1) is 5.82 Å². The molecular formula is C15H18FN3. The molecule has 0 saturated heterocycles. The highest BCUT2D eigenvalue weighted by Gasteiger charge is 2.18. The van der Waals surface area contributed by atoms with E-state index in [1.165, 1.54) is 31.7 Å². The van der Waals surface area contributed by atoms with E-state index in [1.807, 2.05) is 23.0 Å². The van der Waals surface area contributed by atoms with Crippen molar-refractivity contribution < 1.29 is 4.39 Å². The number of nitrogens with two attached hydrogens (primary N) is 1. The quantitative estimate of drug-likeness (QED) is 0.919. The summed E-state index contributed by atoms with van der Waals surface area (Å²) in [6, 6.07) is 7.60. The zero-order valence-electron chi connectivity index (χ0n) is 10.8. The molecule has 19 heavy (non-hydrogen) atoms. The Morgan fingerprint density at radius 1 is 1.26 bits per heavy atom. The van der Waals surface area contributed by atoms with E-state index in [0.29, 0.717) is 11.6 Å². The SMILES string of the molecule is NCc1ccc(-c2ccn(C3CCCC3)n2)cc1F. The lowest BCUT2D eigenvalue weighted by Gasteiger charge is -2.09. The van der Waals surface area contributed by atoms with Gasteiger partial charge in [0, 0.05) is 23.9 Å². The Hall–Kier alpha value is -1.68. The van der Waals surface area contributed by atoms with Gasteiger partial charge in [0.1, 0.15) is 5.82 Å². The zero-order valence-corrected chi connectivity index (χ0v) is 10.8. The van der Waals surface area contributed by atoms with Gasteiger partial charge in [-0.3, -0.25) is 4.68 Å². The molecule has 3 rings (SSSR count). The van der Waals surface area contributed by atoms with Crippen molar-refractivity contribution in [2.24, 2.45) is 5.73 Å². The summed E-state index contributed by atoms with van der Waals surface area (Å²) in [6.07, 6.45) is 6.95. The number of benzene rings is 1. The van der Waals surface area contributed by atoms with Crippen molar-refractivity contribution in [2.75, 3.05) is 0 Å². The fourth-order valence-electron chi connectivity index (χ4n) is 2.74. The Labute approximate surface area is 112 Å². The second-order valence-electron chi connectivity index (χ2n) is 5.13. The first kappa shape index (κ1) is 12.4. The van der Waals surface area contributed by atoms with E-state index in [4.69, 9.17) is 5.73 Å². The largest absolute Gasteiger partial charge is 0.326 e. The fourth-order valence-corrected chi connectivity index (χ4v) is 2.74. The van der Waals surface area contributed by atoms with E-state index < -0.39 is 0 Å². The third-order valence-corrected chi connectivity index (χ3v) is 3.88. The van der Waals surface area contributed by atoms with Crippen LogP contribution in [0.4, 0.5) is 4.39 Å². The predicted molar refractivity (Wildman–Crippen MR) is 73.0 cm³/mol. The summed E-state index contributed by atoms with van der Waals surface area (Å²) in [7, 11) is 0. The Kier molecular flexibility index (Phi) is 3.34. The van der Waals surface area contributed by atoms with Crippen LogP contribution in [0.5, 0.6) is 0 Å². The van der Waals surface area contributed by atoms with Crippen LogP contribution in [0.1, 0.15) is 37.3 Å². The van der Waals surface area contributed by atoms with Gasteiger partial charge in [-0.2, -0.15) is 5.10 Å². The van der Waals surface area contributed by atoms with Gasteiger partial charge in [0.05, 0.1) is 11.7 Å². The number of rotatable bonds is 3. The van der Waals surface area contributed by atoms with Gasteiger partial charge < -0.3 is 5.73 Å². The molecule has 0 radical (unpaired) electrons. The average molecular weight is 259 g/mol. The summed E-state index contributed by atoms with van der Waals surface area (Å²) < 4.78 is 15.8. The molecule has 100 valence electrons. The molecule has 2 aromatic rings. The van der Waals surface area contributed by atoms with E-state index in [-0.39, 0.29) is 12.4 Å². The van der Waals surface area contributed by atoms with Gasteiger partial charge in [0.2, 0.25) is 0 Å². The maximum absolute atomic E-state index is 13.7. The van der Waals surface area contributed by atoms with Crippen molar-refractivity contribution in [1.82, 2.24) is 9.78 Å². The summed E-state index contributed by atoms with van der Waals surface area (Å²) in [5.41, 5.74) is 7.65. The molecule has 0 atom stereocenters. The molecule has 1 saturated carbocycles. The second kappa shape index (κ2) is 5.13. The van der Waals surface area contributed by atoms with Crippen LogP contribution < -0.4 is 5.73 Å². The molecule has 0 aliphatic heterocycles. The molecule has 1 aliphatic rings. The highest BCUT2D eigenvalue weighted by Crippen LogP contribution is 2.30. The minimum atomic E-state index is -0.254. The van der Waals surface area contributed by atoms with Gasteiger partial charge in [-0.1, -0.05) is 25.0 Å². The molecule has 0 spiro atoms. The van der Waals surface area contributed by atoms with E-state index in [9.17, 15) is 4.39 Å². The standard InChI is InChI=1S/C15H18FN3/c16-14-9-11(5-6-12(14)10-17)15-7-8-19(18-15)13-3-1-2-4-13/h5-9,13H,1-4,10,17H2. The van der Waals surface area contributed by atoms with Crippen LogP contribution >= 0.6 is 0 Å². The van der Waals surface area contributed by atoms with Gasteiger partial charge in [-0.05, 0) is 25.0 Å². The summed E-state index contributed by atoms with van der Waals surface area (Å²) in [6.45, 7) is 0.225. The highest BCUT2D eigenvalue weighted by atomic mass is 19.1. The molecule has 1 aliphatic carbocycles. The molecule has 0 amide bonds. The third-order valence-electron chi connectivity index (χ3n) is 3.88. The molecule has 2 N–H and O–H groups in total. The molecule has 0 unspecified atom stereocenters. The Morgan fingerprint density at radius 2 is 2.05 bits per heavy atom.